The molecule has 17 heavy (non-hydrogen) atoms. The molecule has 1 aromatic heterocycles. The van der Waals surface area contributed by atoms with Crippen molar-refractivity contribution in [1.82, 2.24) is 4.98 Å². The molecule has 1 fully saturated rings. The summed E-state index contributed by atoms with van der Waals surface area (Å²) in [5.74, 6) is 1.36. The lowest BCUT2D eigenvalue weighted by Crippen LogP contribution is -2.16. The molecule has 0 spiro atoms. The van der Waals surface area contributed by atoms with Crippen LogP contribution in [0.5, 0.6) is 0 Å². The quantitative estimate of drug-likeness (QED) is 0.873. The van der Waals surface area contributed by atoms with E-state index in [4.69, 9.17) is 0 Å². The van der Waals surface area contributed by atoms with Gasteiger partial charge in [-0.3, -0.25) is 0 Å². The zero-order valence-electron chi connectivity index (χ0n) is 10.8. The predicted molar refractivity (Wildman–Crippen MR) is 70.1 cm³/mol. The highest BCUT2D eigenvalue weighted by atomic mass is 16.3. The fourth-order valence-corrected chi connectivity index (χ4v) is 2.56. The Balaban J connectivity index is 2.05. The van der Waals surface area contributed by atoms with E-state index in [9.17, 15) is 5.11 Å². The molecule has 0 amide bonds. The van der Waals surface area contributed by atoms with Crippen molar-refractivity contribution in [2.45, 2.75) is 38.2 Å². The van der Waals surface area contributed by atoms with Crippen LogP contribution in [-0.2, 0) is 0 Å². The van der Waals surface area contributed by atoms with E-state index >= 15 is 0 Å². The maximum atomic E-state index is 10.3. The lowest BCUT2D eigenvalue weighted by atomic mass is 9.83. The zero-order chi connectivity index (χ0) is 12.3. The average Bonchev–Trinajstić information content (AvgIpc) is 2.39. The number of anilines is 1. The third-order valence-corrected chi connectivity index (χ3v) is 3.67. The first-order chi connectivity index (χ1) is 8.18. The molecule has 0 radical (unpaired) electrons. The summed E-state index contributed by atoms with van der Waals surface area (Å²) in [5, 5.41) is 10.3. The summed E-state index contributed by atoms with van der Waals surface area (Å²) in [4.78, 5) is 6.33. The molecule has 1 aliphatic carbocycles. The number of hydrogen-bond donors (Lipinski definition) is 1. The highest BCUT2D eigenvalue weighted by Gasteiger charge is 2.23. The van der Waals surface area contributed by atoms with Crippen molar-refractivity contribution in [3.05, 3.63) is 23.9 Å². The fraction of sp³-hybridized carbons (Fsp3) is 0.643. The summed E-state index contributed by atoms with van der Waals surface area (Å²) in [7, 11) is 3.94. The lowest BCUT2D eigenvalue weighted by molar-refractivity contribution is 0.0846. The third-order valence-electron chi connectivity index (χ3n) is 3.67. The van der Waals surface area contributed by atoms with Gasteiger partial charge in [0.05, 0.1) is 6.10 Å². The summed E-state index contributed by atoms with van der Waals surface area (Å²) < 4.78 is 0. The highest BCUT2D eigenvalue weighted by molar-refractivity contribution is 5.37. The summed E-state index contributed by atoms with van der Waals surface area (Å²) in [6, 6.07) is 3.98. The summed E-state index contributed by atoms with van der Waals surface area (Å²) in [6.07, 6.45) is 7.61. The third kappa shape index (κ3) is 2.97. The lowest BCUT2D eigenvalue weighted by Gasteiger charge is -2.26. The molecule has 3 nitrogen and oxygen atoms in total. The Hall–Kier alpha value is -1.09. The van der Waals surface area contributed by atoms with Gasteiger partial charge in [-0.2, -0.15) is 0 Å². The first kappa shape index (κ1) is 12.4. The number of rotatable bonds is 3. The van der Waals surface area contributed by atoms with E-state index in [-0.39, 0.29) is 6.10 Å². The number of pyridine rings is 1. The van der Waals surface area contributed by atoms with Crippen LogP contribution in [0.1, 0.15) is 43.8 Å². The van der Waals surface area contributed by atoms with Gasteiger partial charge in [0.1, 0.15) is 5.82 Å². The van der Waals surface area contributed by atoms with E-state index < -0.39 is 0 Å². The van der Waals surface area contributed by atoms with Crippen molar-refractivity contribution in [2.75, 3.05) is 19.0 Å². The molecule has 0 saturated heterocycles. The number of aliphatic hydroxyl groups excluding tert-OH is 1. The van der Waals surface area contributed by atoms with E-state index in [0.717, 1.165) is 24.2 Å². The van der Waals surface area contributed by atoms with E-state index in [1.54, 1.807) is 0 Å². The minimum atomic E-state index is -0.334. The predicted octanol–water partition coefficient (Wildman–Crippen LogP) is 2.76. The van der Waals surface area contributed by atoms with Crippen LogP contribution in [0.2, 0.25) is 0 Å². The van der Waals surface area contributed by atoms with Gasteiger partial charge < -0.3 is 10.0 Å². The van der Waals surface area contributed by atoms with Gasteiger partial charge in [0, 0.05) is 20.3 Å². The zero-order valence-corrected chi connectivity index (χ0v) is 10.8. The summed E-state index contributed by atoms with van der Waals surface area (Å²) in [6.45, 7) is 0. The van der Waals surface area contributed by atoms with E-state index in [1.807, 2.05) is 37.3 Å². The second-order valence-corrected chi connectivity index (χ2v) is 5.19. The van der Waals surface area contributed by atoms with Crippen LogP contribution in [-0.4, -0.2) is 24.2 Å². The van der Waals surface area contributed by atoms with Crippen LogP contribution >= 0.6 is 0 Å². The van der Waals surface area contributed by atoms with Crippen molar-refractivity contribution < 1.29 is 5.11 Å². The van der Waals surface area contributed by atoms with Crippen LogP contribution < -0.4 is 4.90 Å². The molecular weight excluding hydrogens is 212 g/mol. The van der Waals surface area contributed by atoms with Gasteiger partial charge in [0.15, 0.2) is 0 Å². The van der Waals surface area contributed by atoms with Crippen molar-refractivity contribution in [1.29, 1.82) is 0 Å². The average molecular weight is 234 g/mol. The first-order valence-corrected chi connectivity index (χ1v) is 6.50. The smallest absolute Gasteiger partial charge is 0.127 e. The Morgan fingerprint density at radius 3 is 2.47 bits per heavy atom. The Bertz CT molecular complexity index is 342. The fourth-order valence-electron chi connectivity index (χ4n) is 2.56. The summed E-state index contributed by atoms with van der Waals surface area (Å²) in [5.41, 5.74) is 0.961. The summed E-state index contributed by atoms with van der Waals surface area (Å²) >= 11 is 0. The van der Waals surface area contributed by atoms with Gasteiger partial charge in [-0.15, -0.1) is 0 Å². The number of nitrogens with zero attached hydrogens (tertiary/aromatic N) is 2. The topological polar surface area (TPSA) is 36.4 Å². The van der Waals surface area contributed by atoms with Gasteiger partial charge in [-0.25, -0.2) is 4.98 Å². The van der Waals surface area contributed by atoms with Crippen LogP contribution in [0.15, 0.2) is 18.3 Å². The molecule has 0 aliphatic heterocycles. The molecule has 1 saturated carbocycles. The van der Waals surface area contributed by atoms with Crippen LogP contribution in [0.3, 0.4) is 0 Å². The number of aromatic nitrogens is 1. The monoisotopic (exact) mass is 234 g/mol. The first-order valence-electron chi connectivity index (χ1n) is 6.50. The van der Waals surface area contributed by atoms with Crippen LogP contribution in [0.25, 0.3) is 0 Å². The van der Waals surface area contributed by atoms with E-state index in [2.05, 4.69) is 4.98 Å². The van der Waals surface area contributed by atoms with Gasteiger partial charge in [0.2, 0.25) is 0 Å². The molecule has 1 N–H and O–H groups in total. The maximum Gasteiger partial charge on any atom is 0.127 e. The molecule has 0 aromatic carbocycles. The van der Waals surface area contributed by atoms with Crippen LogP contribution in [0, 0.1) is 5.92 Å². The van der Waals surface area contributed by atoms with Gasteiger partial charge in [0.25, 0.3) is 0 Å². The molecular formula is C14H22N2O. The van der Waals surface area contributed by atoms with Crippen LogP contribution in [0.4, 0.5) is 5.82 Å². The SMILES string of the molecule is CN(C)c1ccc(C(O)C2CCCCC2)cn1. The van der Waals surface area contributed by atoms with Gasteiger partial charge >= 0.3 is 0 Å². The minimum absolute atomic E-state index is 0.334. The molecule has 3 heteroatoms. The molecule has 1 atom stereocenters. The molecule has 2 rings (SSSR count). The van der Waals surface area contributed by atoms with Gasteiger partial charge in [-0.05, 0) is 30.4 Å². The van der Waals surface area contributed by atoms with Crippen molar-refractivity contribution in [2.24, 2.45) is 5.92 Å². The number of aliphatic hydroxyl groups is 1. The van der Waals surface area contributed by atoms with E-state index in [0.29, 0.717) is 5.92 Å². The Morgan fingerprint density at radius 2 is 1.94 bits per heavy atom. The molecule has 94 valence electrons. The maximum absolute atomic E-state index is 10.3. The second-order valence-electron chi connectivity index (χ2n) is 5.19. The minimum Gasteiger partial charge on any atom is -0.388 e. The largest absolute Gasteiger partial charge is 0.388 e. The molecule has 1 heterocycles. The van der Waals surface area contributed by atoms with Gasteiger partial charge in [-0.1, -0.05) is 25.3 Å². The normalized spacial score (nSPS) is 19.0. The van der Waals surface area contributed by atoms with E-state index in [1.165, 1.54) is 19.3 Å². The van der Waals surface area contributed by atoms with Crippen molar-refractivity contribution >= 4 is 5.82 Å². The molecule has 1 unspecified atom stereocenters. The van der Waals surface area contributed by atoms with Crippen molar-refractivity contribution in [3.8, 4) is 0 Å². The number of hydrogen-bond acceptors (Lipinski definition) is 3. The Kier molecular flexibility index (Phi) is 4.00. The molecule has 0 bridgehead atoms. The Morgan fingerprint density at radius 1 is 1.24 bits per heavy atom. The highest BCUT2D eigenvalue weighted by Crippen LogP contribution is 2.34. The van der Waals surface area contributed by atoms with Crippen molar-refractivity contribution in [3.63, 3.8) is 0 Å². The standard InChI is InChI=1S/C14H22N2O/c1-16(2)13-9-8-12(10-15-13)14(17)11-6-4-3-5-7-11/h8-11,14,17H,3-7H2,1-2H3. The Labute approximate surface area is 103 Å². The second kappa shape index (κ2) is 5.50. The molecule has 1 aliphatic rings. The molecule has 1 aromatic rings.